The quantitative estimate of drug-likeness (QED) is 0.598. The number of methoxy groups -OCH3 is 1. The zero-order valence-corrected chi connectivity index (χ0v) is 8.17. The number of benzene rings is 1. The SMILES string of the molecule is COc1c([N+](=O)[O-])ccc(Br)c1F. The molecule has 4 nitrogen and oxygen atoms in total. The molecule has 0 heterocycles. The van der Waals surface area contributed by atoms with Gasteiger partial charge in [-0.1, -0.05) is 0 Å². The van der Waals surface area contributed by atoms with Crippen LogP contribution in [0.1, 0.15) is 0 Å². The highest BCUT2D eigenvalue weighted by atomic mass is 79.9. The van der Waals surface area contributed by atoms with Crippen LogP contribution in [0.15, 0.2) is 16.6 Å². The van der Waals surface area contributed by atoms with E-state index < -0.39 is 10.7 Å². The predicted octanol–water partition coefficient (Wildman–Crippen LogP) is 2.51. The lowest BCUT2D eigenvalue weighted by atomic mass is 10.3. The van der Waals surface area contributed by atoms with Crippen molar-refractivity contribution in [3.8, 4) is 5.75 Å². The average Bonchev–Trinajstić information content (AvgIpc) is 2.09. The van der Waals surface area contributed by atoms with Gasteiger partial charge in [0, 0.05) is 6.07 Å². The van der Waals surface area contributed by atoms with Crippen LogP contribution >= 0.6 is 15.9 Å². The molecule has 0 amide bonds. The van der Waals surface area contributed by atoms with E-state index in [0.717, 1.165) is 0 Å². The molecule has 1 rings (SSSR count). The second-order valence-electron chi connectivity index (χ2n) is 2.17. The Labute approximate surface area is 81.6 Å². The minimum Gasteiger partial charge on any atom is -0.488 e. The second kappa shape index (κ2) is 3.69. The smallest absolute Gasteiger partial charge is 0.314 e. The molecule has 0 unspecified atom stereocenters. The van der Waals surface area contributed by atoms with Gasteiger partial charge in [-0.3, -0.25) is 10.1 Å². The Morgan fingerprint density at radius 2 is 2.23 bits per heavy atom. The third kappa shape index (κ3) is 1.77. The molecule has 0 spiro atoms. The molecule has 0 aliphatic carbocycles. The molecule has 0 saturated carbocycles. The summed E-state index contributed by atoms with van der Waals surface area (Å²) in [6, 6.07) is 2.43. The standard InChI is InChI=1S/C7H5BrFNO3/c1-13-7-5(10(11)12)3-2-4(8)6(7)9/h2-3H,1H3. The van der Waals surface area contributed by atoms with Crippen LogP contribution in [-0.4, -0.2) is 12.0 Å². The third-order valence-corrected chi connectivity index (χ3v) is 2.04. The third-order valence-electron chi connectivity index (χ3n) is 1.43. The molecule has 70 valence electrons. The largest absolute Gasteiger partial charge is 0.488 e. The maximum absolute atomic E-state index is 13.1. The fourth-order valence-corrected chi connectivity index (χ4v) is 1.17. The van der Waals surface area contributed by atoms with Gasteiger partial charge < -0.3 is 4.74 Å². The number of ether oxygens (including phenoxy) is 1. The Hall–Kier alpha value is -1.17. The minimum absolute atomic E-state index is 0.134. The number of nitrogens with zero attached hydrogens (tertiary/aromatic N) is 1. The fourth-order valence-electron chi connectivity index (χ4n) is 0.860. The van der Waals surface area contributed by atoms with E-state index in [2.05, 4.69) is 20.7 Å². The van der Waals surface area contributed by atoms with Crippen molar-refractivity contribution in [3.63, 3.8) is 0 Å². The highest BCUT2D eigenvalue weighted by molar-refractivity contribution is 9.10. The van der Waals surface area contributed by atoms with E-state index >= 15 is 0 Å². The molecule has 1 aromatic carbocycles. The zero-order chi connectivity index (χ0) is 10.0. The molecule has 1 aromatic rings. The van der Waals surface area contributed by atoms with Crippen molar-refractivity contribution in [2.24, 2.45) is 0 Å². The second-order valence-corrected chi connectivity index (χ2v) is 3.03. The molecule has 13 heavy (non-hydrogen) atoms. The number of nitro groups is 1. The van der Waals surface area contributed by atoms with Crippen LogP contribution in [0.2, 0.25) is 0 Å². The number of hydrogen-bond donors (Lipinski definition) is 0. The first-order valence-electron chi connectivity index (χ1n) is 3.24. The predicted molar refractivity (Wildman–Crippen MR) is 47.3 cm³/mol. The topological polar surface area (TPSA) is 52.4 Å². The van der Waals surface area contributed by atoms with Crippen LogP contribution in [-0.2, 0) is 0 Å². The summed E-state index contributed by atoms with van der Waals surface area (Å²) in [7, 11) is 1.18. The first-order chi connectivity index (χ1) is 6.07. The van der Waals surface area contributed by atoms with Gasteiger partial charge in [0.15, 0.2) is 5.82 Å². The van der Waals surface area contributed by atoms with E-state index in [9.17, 15) is 14.5 Å². The normalized spacial score (nSPS) is 9.77. The summed E-state index contributed by atoms with van der Waals surface area (Å²) in [5.74, 6) is -1.13. The molecule has 0 radical (unpaired) electrons. The lowest BCUT2D eigenvalue weighted by Crippen LogP contribution is -1.96. The molecule has 0 bridgehead atoms. The van der Waals surface area contributed by atoms with Crippen molar-refractivity contribution in [2.75, 3.05) is 7.11 Å². The monoisotopic (exact) mass is 249 g/mol. The van der Waals surface area contributed by atoms with Crippen LogP contribution in [0.5, 0.6) is 5.75 Å². The Bertz CT molecular complexity index is 356. The Kier molecular flexibility index (Phi) is 2.82. The van der Waals surface area contributed by atoms with Gasteiger partial charge in [0.1, 0.15) is 0 Å². The van der Waals surface area contributed by atoms with Crippen LogP contribution in [0.3, 0.4) is 0 Å². The van der Waals surface area contributed by atoms with Gasteiger partial charge >= 0.3 is 5.69 Å². The van der Waals surface area contributed by atoms with Gasteiger partial charge in [-0.2, -0.15) is 0 Å². The van der Waals surface area contributed by atoms with E-state index in [4.69, 9.17) is 0 Å². The number of nitro benzene ring substituents is 1. The molecule has 6 heteroatoms. The fraction of sp³-hybridized carbons (Fsp3) is 0.143. The lowest BCUT2D eigenvalue weighted by Gasteiger charge is -2.03. The molecule has 0 N–H and O–H groups in total. The molecule has 0 aromatic heterocycles. The zero-order valence-electron chi connectivity index (χ0n) is 6.58. The molecule has 0 aliphatic rings. The van der Waals surface area contributed by atoms with E-state index in [-0.39, 0.29) is 15.9 Å². The van der Waals surface area contributed by atoms with E-state index in [0.29, 0.717) is 0 Å². The van der Waals surface area contributed by atoms with Crippen LogP contribution in [0, 0.1) is 15.9 Å². The molecule has 0 saturated heterocycles. The molecular weight excluding hydrogens is 245 g/mol. The maximum atomic E-state index is 13.1. The van der Waals surface area contributed by atoms with Crippen molar-refractivity contribution in [3.05, 3.63) is 32.5 Å². The molecule has 0 fully saturated rings. The number of rotatable bonds is 2. The minimum atomic E-state index is -0.767. The summed E-state index contributed by atoms with van der Waals surface area (Å²) in [6.07, 6.45) is 0. The maximum Gasteiger partial charge on any atom is 0.314 e. The summed E-state index contributed by atoms with van der Waals surface area (Å²) < 4.78 is 17.9. The van der Waals surface area contributed by atoms with Crippen molar-refractivity contribution >= 4 is 21.6 Å². The van der Waals surface area contributed by atoms with E-state index in [1.807, 2.05) is 0 Å². The summed E-state index contributed by atoms with van der Waals surface area (Å²) >= 11 is 2.89. The molecule has 0 aliphatic heterocycles. The highest BCUT2D eigenvalue weighted by Crippen LogP contribution is 2.33. The van der Waals surface area contributed by atoms with Crippen molar-refractivity contribution < 1.29 is 14.1 Å². The Balaban J connectivity index is 3.38. The number of hydrogen-bond acceptors (Lipinski definition) is 3. The van der Waals surface area contributed by atoms with Crippen LogP contribution < -0.4 is 4.74 Å². The van der Waals surface area contributed by atoms with Crippen molar-refractivity contribution in [2.45, 2.75) is 0 Å². The highest BCUT2D eigenvalue weighted by Gasteiger charge is 2.20. The van der Waals surface area contributed by atoms with Gasteiger partial charge in [-0.25, -0.2) is 4.39 Å². The van der Waals surface area contributed by atoms with Gasteiger partial charge in [0.25, 0.3) is 0 Å². The van der Waals surface area contributed by atoms with Gasteiger partial charge in [-0.15, -0.1) is 0 Å². The van der Waals surface area contributed by atoms with Crippen molar-refractivity contribution in [1.82, 2.24) is 0 Å². The van der Waals surface area contributed by atoms with E-state index in [1.165, 1.54) is 19.2 Å². The molecular formula is C7H5BrFNO3. The average molecular weight is 250 g/mol. The van der Waals surface area contributed by atoms with Crippen LogP contribution in [0.25, 0.3) is 0 Å². The van der Waals surface area contributed by atoms with E-state index in [1.54, 1.807) is 0 Å². The Morgan fingerprint density at radius 3 is 2.69 bits per heavy atom. The summed E-state index contributed by atoms with van der Waals surface area (Å²) in [5, 5.41) is 10.4. The van der Waals surface area contributed by atoms with Crippen molar-refractivity contribution in [1.29, 1.82) is 0 Å². The number of halogens is 2. The molecule has 0 atom stereocenters. The van der Waals surface area contributed by atoms with Gasteiger partial charge in [0.2, 0.25) is 5.75 Å². The summed E-state index contributed by atoms with van der Waals surface area (Å²) in [6.45, 7) is 0. The van der Waals surface area contributed by atoms with Gasteiger partial charge in [-0.05, 0) is 22.0 Å². The lowest BCUT2D eigenvalue weighted by molar-refractivity contribution is -0.386. The first-order valence-corrected chi connectivity index (χ1v) is 4.03. The Morgan fingerprint density at radius 1 is 1.62 bits per heavy atom. The van der Waals surface area contributed by atoms with Crippen LogP contribution in [0.4, 0.5) is 10.1 Å². The first kappa shape index (κ1) is 9.91. The van der Waals surface area contributed by atoms with Gasteiger partial charge in [0.05, 0.1) is 16.5 Å². The summed E-state index contributed by atoms with van der Waals surface area (Å²) in [4.78, 5) is 9.69. The summed E-state index contributed by atoms with van der Waals surface area (Å²) in [5.41, 5.74) is -0.386.